The first-order chi connectivity index (χ1) is 11.1. The van der Waals surface area contributed by atoms with Crippen molar-refractivity contribution in [2.24, 2.45) is 0 Å². The summed E-state index contributed by atoms with van der Waals surface area (Å²) in [5.74, 6) is -0.355. The monoisotopic (exact) mass is 320 g/mol. The van der Waals surface area contributed by atoms with Crippen molar-refractivity contribution in [2.45, 2.75) is 25.3 Å². The van der Waals surface area contributed by atoms with Crippen LogP contribution in [0, 0.1) is 0 Å². The quantitative estimate of drug-likeness (QED) is 0.699. The van der Waals surface area contributed by atoms with Gasteiger partial charge in [0.1, 0.15) is 11.8 Å². The van der Waals surface area contributed by atoms with E-state index in [9.17, 15) is 14.4 Å². The molecule has 1 aromatic rings. The molecule has 0 aromatic heterocycles. The van der Waals surface area contributed by atoms with Crippen molar-refractivity contribution >= 4 is 17.8 Å². The summed E-state index contributed by atoms with van der Waals surface area (Å²) in [5.41, 5.74) is 0.987. The highest BCUT2D eigenvalue weighted by Crippen LogP contribution is 2.17. The number of esters is 1. The molecule has 1 aromatic carbocycles. The van der Waals surface area contributed by atoms with Crippen LogP contribution in [0.5, 0.6) is 5.75 Å². The molecule has 0 radical (unpaired) electrons. The van der Waals surface area contributed by atoms with Crippen LogP contribution in [-0.4, -0.2) is 44.1 Å². The number of methoxy groups -OCH3 is 1. The number of carbonyl (C=O) groups excluding carboxylic acids is 3. The predicted octanol–water partition coefficient (Wildman–Crippen LogP) is 0.176. The fourth-order valence-electron chi connectivity index (χ4n) is 2.33. The lowest BCUT2D eigenvalue weighted by Crippen LogP contribution is -2.37. The van der Waals surface area contributed by atoms with Gasteiger partial charge in [0, 0.05) is 13.0 Å². The molecule has 7 nitrogen and oxygen atoms in total. The molecule has 1 fully saturated rings. The molecule has 1 heterocycles. The van der Waals surface area contributed by atoms with E-state index in [1.54, 1.807) is 7.11 Å². The van der Waals surface area contributed by atoms with Crippen LogP contribution < -0.4 is 15.4 Å². The molecule has 124 valence electrons. The van der Waals surface area contributed by atoms with Crippen LogP contribution in [0.4, 0.5) is 0 Å². The largest absolute Gasteiger partial charge is 0.496 e. The van der Waals surface area contributed by atoms with E-state index in [1.165, 1.54) is 0 Å². The normalized spacial score (nSPS) is 16.6. The first kappa shape index (κ1) is 16.8. The third kappa shape index (κ3) is 4.98. The van der Waals surface area contributed by atoms with Crippen molar-refractivity contribution in [2.75, 3.05) is 20.3 Å². The molecule has 0 unspecified atom stereocenters. The Morgan fingerprint density at radius 3 is 2.83 bits per heavy atom. The van der Waals surface area contributed by atoms with Crippen LogP contribution in [0.3, 0.4) is 0 Å². The summed E-state index contributed by atoms with van der Waals surface area (Å²) < 4.78 is 10.1. The predicted molar refractivity (Wildman–Crippen MR) is 81.8 cm³/mol. The molecule has 0 aliphatic carbocycles. The maximum Gasteiger partial charge on any atom is 0.329 e. The lowest BCUT2D eigenvalue weighted by Gasteiger charge is -2.11. The summed E-state index contributed by atoms with van der Waals surface area (Å²) in [5, 5.41) is 5.17. The molecule has 2 N–H and O–H groups in total. The SMILES string of the molecule is COc1ccccc1CCNC(=O)COC(=O)[C@H]1CCC(=O)N1. The number of hydrogen-bond donors (Lipinski definition) is 2. The minimum atomic E-state index is -0.635. The zero-order valence-electron chi connectivity index (χ0n) is 13.0. The van der Waals surface area contributed by atoms with Gasteiger partial charge in [-0.05, 0) is 24.5 Å². The Balaban J connectivity index is 1.67. The molecule has 0 bridgehead atoms. The van der Waals surface area contributed by atoms with E-state index < -0.39 is 12.0 Å². The van der Waals surface area contributed by atoms with E-state index in [1.807, 2.05) is 24.3 Å². The maximum absolute atomic E-state index is 11.7. The van der Waals surface area contributed by atoms with E-state index in [2.05, 4.69) is 10.6 Å². The Labute approximate surface area is 134 Å². The molecule has 2 rings (SSSR count). The molecule has 0 saturated carbocycles. The standard InChI is InChI=1S/C16H20N2O5/c1-22-13-5-3-2-4-11(13)8-9-17-15(20)10-23-16(21)12-6-7-14(19)18-12/h2-5,12H,6-10H2,1H3,(H,17,20)(H,18,19)/t12-/m1/s1. The lowest BCUT2D eigenvalue weighted by molar-refractivity contribution is -0.150. The van der Waals surface area contributed by atoms with Gasteiger partial charge in [-0.3, -0.25) is 9.59 Å². The van der Waals surface area contributed by atoms with Gasteiger partial charge >= 0.3 is 5.97 Å². The van der Waals surface area contributed by atoms with Gasteiger partial charge in [-0.2, -0.15) is 0 Å². The molecule has 23 heavy (non-hydrogen) atoms. The summed E-state index contributed by atoms with van der Waals surface area (Å²) in [6.07, 6.45) is 1.33. The number of carbonyl (C=O) groups is 3. The van der Waals surface area contributed by atoms with Gasteiger partial charge in [0.2, 0.25) is 5.91 Å². The minimum Gasteiger partial charge on any atom is -0.496 e. The number of para-hydroxylation sites is 1. The molecular weight excluding hydrogens is 300 g/mol. The van der Waals surface area contributed by atoms with Crippen molar-refractivity contribution in [3.05, 3.63) is 29.8 Å². The number of amides is 2. The summed E-state index contributed by atoms with van der Waals surface area (Å²) in [6.45, 7) is 0.0635. The second-order valence-corrected chi connectivity index (χ2v) is 5.18. The average molecular weight is 320 g/mol. The summed E-state index contributed by atoms with van der Waals surface area (Å²) in [6, 6.07) is 6.92. The Morgan fingerprint density at radius 2 is 2.13 bits per heavy atom. The Kier molecular flexibility index (Phi) is 5.96. The molecular formula is C16H20N2O5. The first-order valence-corrected chi connectivity index (χ1v) is 7.44. The fourth-order valence-corrected chi connectivity index (χ4v) is 2.33. The van der Waals surface area contributed by atoms with E-state index in [4.69, 9.17) is 9.47 Å². The molecule has 2 amide bonds. The van der Waals surface area contributed by atoms with Crippen LogP contribution in [-0.2, 0) is 25.5 Å². The van der Waals surface area contributed by atoms with Crippen LogP contribution in [0.15, 0.2) is 24.3 Å². The molecule has 1 aliphatic rings. The highest BCUT2D eigenvalue weighted by molar-refractivity contribution is 5.89. The van der Waals surface area contributed by atoms with Crippen LogP contribution >= 0.6 is 0 Å². The average Bonchev–Trinajstić information content (AvgIpc) is 2.99. The number of ether oxygens (including phenoxy) is 2. The van der Waals surface area contributed by atoms with E-state index in [0.717, 1.165) is 11.3 Å². The molecule has 1 saturated heterocycles. The topological polar surface area (TPSA) is 93.7 Å². The van der Waals surface area contributed by atoms with Crippen molar-refractivity contribution in [1.82, 2.24) is 10.6 Å². The summed E-state index contributed by atoms with van der Waals surface area (Å²) >= 11 is 0. The Morgan fingerprint density at radius 1 is 1.35 bits per heavy atom. The van der Waals surface area contributed by atoms with Gasteiger partial charge in [-0.1, -0.05) is 18.2 Å². The van der Waals surface area contributed by atoms with E-state index >= 15 is 0 Å². The van der Waals surface area contributed by atoms with Crippen molar-refractivity contribution < 1.29 is 23.9 Å². The van der Waals surface area contributed by atoms with E-state index in [-0.39, 0.29) is 18.4 Å². The number of nitrogens with one attached hydrogen (secondary N) is 2. The van der Waals surface area contributed by atoms with Crippen LogP contribution in [0.25, 0.3) is 0 Å². The minimum absolute atomic E-state index is 0.173. The van der Waals surface area contributed by atoms with Gasteiger partial charge in [0.05, 0.1) is 7.11 Å². The second-order valence-electron chi connectivity index (χ2n) is 5.18. The first-order valence-electron chi connectivity index (χ1n) is 7.44. The molecule has 1 atom stereocenters. The lowest BCUT2D eigenvalue weighted by atomic mass is 10.1. The van der Waals surface area contributed by atoms with Gasteiger partial charge in [-0.15, -0.1) is 0 Å². The smallest absolute Gasteiger partial charge is 0.329 e. The summed E-state index contributed by atoms with van der Waals surface area (Å²) in [4.78, 5) is 34.3. The Hall–Kier alpha value is -2.57. The molecule has 7 heteroatoms. The highest BCUT2D eigenvalue weighted by atomic mass is 16.5. The number of rotatable bonds is 7. The third-order valence-corrected chi connectivity index (χ3v) is 3.53. The molecule has 1 aliphatic heterocycles. The highest BCUT2D eigenvalue weighted by Gasteiger charge is 2.28. The van der Waals surface area contributed by atoms with Crippen LogP contribution in [0.1, 0.15) is 18.4 Å². The number of hydrogen-bond acceptors (Lipinski definition) is 5. The fraction of sp³-hybridized carbons (Fsp3) is 0.438. The zero-order chi connectivity index (χ0) is 16.7. The zero-order valence-corrected chi connectivity index (χ0v) is 13.0. The Bertz CT molecular complexity index is 588. The number of benzene rings is 1. The van der Waals surface area contributed by atoms with Gasteiger partial charge in [0.15, 0.2) is 6.61 Å². The van der Waals surface area contributed by atoms with Crippen molar-refractivity contribution in [3.63, 3.8) is 0 Å². The van der Waals surface area contributed by atoms with Gasteiger partial charge < -0.3 is 20.1 Å². The summed E-state index contributed by atoms with van der Waals surface area (Å²) in [7, 11) is 1.60. The van der Waals surface area contributed by atoms with Crippen LogP contribution in [0.2, 0.25) is 0 Å². The van der Waals surface area contributed by atoms with Gasteiger partial charge in [-0.25, -0.2) is 4.79 Å². The van der Waals surface area contributed by atoms with Crippen molar-refractivity contribution in [1.29, 1.82) is 0 Å². The molecule has 0 spiro atoms. The second kappa shape index (κ2) is 8.17. The van der Waals surface area contributed by atoms with Gasteiger partial charge in [0.25, 0.3) is 5.91 Å². The van der Waals surface area contributed by atoms with E-state index in [0.29, 0.717) is 25.8 Å². The maximum atomic E-state index is 11.7. The third-order valence-electron chi connectivity index (χ3n) is 3.53. The van der Waals surface area contributed by atoms with Crippen molar-refractivity contribution in [3.8, 4) is 5.75 Å².